The summed E-state index contributed by atoms with van der Waals surface area (Å²) >= 11 is 3.92. The summed E-state index contributed by atoms with van der Waals surface area (Å²) in [6, 6.07) is 10.1. The van der Waals surface area contributed by atoms with Crippen molar-refractivity contribution in [1.82, 2.24) is 18.9 Å². The molecule has 2 aromatic heterocycles. The van der Waals surface area contributed by atoms with Crippen molar-refractivity contribution in [3.05, 3.63) is 47.8 Å². The quantitative estimate of drug-likeness (QED) is 0.570. The second-order valence-corrected chi connectivity index (χ2v) is 6.65. The van der Waals surface area contributed by atoms with Crippen LogP contribution in [0.2, 0.25) is 0 Å². The number of rotatable bonds is 5. The molecule has 0 spiro atoms. The Morgan fingerprint density at radius 1 is 1.24 bits per heavy atom. The molecule has 0 aliphatic heterocycles. The van der Waals surface area contributed by atoms with E-state index in [2.05, 4.69) is 36.4 Å². The SMILES string of the molecule is O=C(Nc1nnc(SCc2ccccc2)s1)c1cnsn1. The number of aromatic nitrogens is 4. The van der Waals surface area contributed by atoms with Crippen molar-refractivity contribution in [3.8, 4) is 0 Å². The lowest BCUT2D eigenvalue weighted by molar-refractivity contribution is 0.102. The number of nitrogens with zero attached hydrogens (tertiary/aromatic N) is 4. The molecule has 0 radical (unpaired) electrons. The second kappa shape index (κ2) is 6.74. The predicted octanol–water partition coefficient (Wildman–Crippen LogP) is 2.93. The smallest absolute Gasteiger partial charge is 0.278 e. The second-order valence-electron chi connectivity index (χ2n) is 3.89. The van der Waals surface area contributed by atoms with Crippen LogP contribution in [0.25, 0.3) is 0 Å². The zero-order chi connectivity index (χ0) is 14.5. The van der Waals surface area contributed by atoms with Crippen LogP contribution in [-0.4, -0.2) is 24.9 Å². The average molecular weight is 335 g/mol. The predicted molar refractivity (Wildman–Crippen MR) is 83.8 cm³/mol. The standard InChI is InChI=1S/C12H9N5OS3/c18-10(9-6-13-21-17-9)14-11-15-16-12(20-11)19-7-8-4-2-1-3-5-8/h1-6H,7H2,(H,14,15,18). The Hall–Kier alpha value is -1.84. The van der Waals surface area contributed by atoms with Gasteiger partial charge >= 0.3 is 0 Å². The molecule has 3 aromatic rings. The number of nitrogens with one attached hydrogen (secondary N) is 1. The van der Waals surface area contributed by atoms with Gasteiger partial charge in [-0.1, -0.05) is 53.4 Å². The van der Waals surface area contributed by atoms with E-state index < -0.39 is 0 Å². The van der Waals surface area contributed by atoms with Gasteiger partial charge < -0.3 is 0 Å². The molecule has 3 rings (SSSR count). The molecule has 0 bridgehead atoms. The van der Waals surface area contributed by atoms with Crippen LogP contribution in [0.5, 0.6) is 0 Å². The van der Waals surface area contributed by atoms with Crippen LogP contribution in [0.1, 0.15) is 16.1 Å². The highest BCUT2D eigenvalue weighted by Gasteiger charge is 2.12. The Balaban J connectivity index is 1.57. The van der Waals surface area contributed by atoms with E-state index in [0.717, 1.165) is 21.8 Å². The number of carbonyl (C=O) groups is 1. The lowest BCUT2D eigenvalue weighted by atomic mass is 10.2. The summed E-state index contributed by atoms with van der Waals surface area (Å²) in [5.41, 5.74) is 1.51. The number of carbonyl (C=O) groups excluding carboxylic acids is 1. The Bertz CT molecular complexity index is 714. The van der Waals surface area contributed by atoms with E-state index in [-0.39, 0.29) is 11.6 Å². The van der Waals surface area contributed by atoms with Gasteiger partial charge in [-0.15, -0.1) is 10.2 Å². The third-order valence-corrected chi connectivity index (χ3v) is 4.95. The molecule has 1 amide bonds. The van der Waals surface area contributed by atoms with Crippen LogP contribution in [0, 0.1) is 0 Å². The maximum absolute atomic E-state index is 11.8. The van der Waals surface area contributed by atoms with E-state index in [0.29, 0.717) is 5.13 Å². The van der Waals surface area contributed by atoms with E-state index in [1.807, 2.05) is 18.2 Å². The van der Waals surface area contributed by atoms with Crippen LogP contribution >= 0.6 is 34.8 Å². The highest BCUT2D eigenvalue weighted by Crippen LogP contribution is 2.28. The van der Waals surface area contributed by atoms with Crippen LogP contribution in [0.4, 0.5) is 5.13 Å². The van der Waals surface area contributed by atoms with Crippen LogP contribution in [0.3, 0.4) is 0 Å². The first-order chi connectivity index (χ1) is 10.3. The first kappa shape index (κ1) is 14.1. The van der Waals surface area contributed by atoms with Crippen molar-refractivity contribution in [2.24, 2.45) is 0 Å². The van der Waals surface area contributed by atoms with Crippen molar-refractivity contribution in [1.29, 1.82) is 0 Å². The average Bonchev–Trinajstić information content (AvgIpc) is 3.18. The Morgan fingerprint density at radius 3 is 2.86 bits per heavy atom. The van der Waals surface area contributed by atoms with Gasteiger partial charge in [-0.2, -0.15) is 8.75 Å². The van der Waals surface area contributed by atoms with E-state index in [9.17, 15) is 4.79 Å². The molecule has 2 heterocycles. The number of thioether (sulfide) groups is 1. The molecule has 0 saturated heterocycles. The fourth-order valence-electron chi connectivity index (χ4n) is 1.46. The molecule has 6 nitrogen and oxygen atoms in total. The molecule has 0 fully saturated rings. The van der Waals surface area contributed by atoms with Gasteiger partial charge in [-0.25, -0.2) is 0 Å². The highest BCUT2D eigenvalue weighted by molar-refractivity contribution is 8.00. The van der Waals surface area contributed by atoms with Gasteiger partial charge in [-0.3, -0.25) is 10.1 Å². The molecule has 106 valence electrons. The normalized spacial score (nSPS) is 10.5. The first-order valence-corrected chi connectivity index (χ1v) is 8.43. The molecule has 1 aromatic carbocycles. The van der Waals surface area contributed by atoms with Gasteiger partial charge in [0.15, 0.2) is 10.0 Å². The largest absolute Gasteiger partial charge is 0.295 e. The first-order valence-electron chi connectivity index (χ1n) is 5.90. The summed E-state index contributed by atoms with van der Waals surface area (Å²) in [4.78, 5) is 11.8. The third-order valence-electron chi connectivity index (χ3n) is 2.43. The van der Waals surface area contributed by atoms with Gasteiger partial charge in [-0.05, 0) is 5.56 Å². The topological polar surface area (TPSA) is 80.7 Å². The van der Waals surface area contributed by atoms with Gasteiger partial charge in [0.1, 0.15) is 0 Å². The van der Waals surface area contributed by atoms with Crippen molar-refractivity contribution >= 4 is 45.9 Å². The van der Waals surface area contributed by atoms with Crippen LogP contribution in [0.15, 0.2) is 40.9 Å². The highest BCUT2D eigenvalue weighted by atomic mass is 32.2. The van der Waals surface area contributed by atoms with Gasteiger partial charge in [0.2, 0.25) is 5.13 Å². The molecule has 0 aliphatic rings. The summed E-state index contributed by atoms with van der Waals surface area (Å²) in [7, 11) is 0. The van der Waals surface area contributed by atoms with Crippen LogP contribution < -0.4 is 5.32 Å². The minimum Gasteiger partial charge on any atom is -0.295 e. The maximum Gasteiger partial charge on any atom is 0.278 e. The van der Waals surface area contributed by atoms with Crippen molar-refractivity contribution < 1.29 is 4.79 Å². The van der Waals surface area contributed by atoms with Gasteiger partial charge in [0, 0.05) is 5.75 Å². The molecule has 0 unspecified atom stereocenters. The third kappa shape index (κ3) is 3.84. The summed E-state index contributed by atoms with van der Waals surface area (Å²) in [6.07, 6.45) is 1.42. The van der Waals surface area contributed by atoms with Crippen molar-refractivity contribution in [3.63, 3.8) is 0 Å². The molecule has 0 aliphatic carbocycles. The van der Waals surface area contributed by atoms with Crippen LogP contribution in [-0.2, 0) is 5.75 Å². The Kier molecular flexibility index (Phi) is 4.53. The molecule has 9 heteroatoms. The lowest BCUT2D eigenvalue weighted by Gasteiger charge is -1.97. The number of benzene rings is 1. The number of amides is 1. The summed E-state index contributed by atoms with van der Waals surface area (Å²) in [5, 5.41) is 11.1. The summed E-state index contributed by atoms with van der Waals surface area (Å²) in [5.74, 6) is 0.499. The Morgan fingerprint density at radius 2 is 2.10 bits per heavy atom. The molecule has 21 heavy (non-hydrogen) atoms. The fourth-order valence-corrected chi connectivity index (χ4v) is 3.58. The minimum absolute atomic E-state index is 0.286. The van der Waals surface area contributed by atoms with Crippen molar-refractivity contribution in [2.45, 2.75) is 10.1 Å². The zero-order valence-corrected chi connectivity index (χ0v) is 13.0. The Labute approximate surface area is 133 Å². The number of hydrogen-bond donors (Lipinski definition) is 1. The fraction of sp³-hybridized carbons (Fsp3) is 0.0833. The number of anilines is 1. The van der Waals surface area contributed by atoms with Gasteiger partial charge in [0.05, 0.1) is 17.9 Å². The molecular formula is C12H9N5OS3. The van der Waals surface area contributed by atoms with E-state index >= 15 is 0 Å². The maximum atomic E-state index is 11.8. The van der Waals surface area contributed by atoms with E-state index in [1.54, 1.807) is 11.8 Å². The minimum atomic E-state index is -0.320. The van der Waals surface area contributed by atoms with E-state index in [1.165, 1.54) is 23.1 Å². The lowest BCUT2D eigenvalue weighted by Crippen LogP contribution is -2.11. The zero-order valence-electron chi connectivity index (χ0n) is 10.6. The molecule has 0 atom stereocenters. The monoisotopic (exact) mass is 335 g/mol. The molecule has 0 saturated carbocycles. The number of hydrogen-bond acceptors (Lipinski definition) is 8. The van der Waals surface area contributed by atoms with Crippen molar-refractivity contribution in [2.75, 3.05) is 5.32 Å². The molecule has 1 N–H and O–H groups in total. The summed E-state index contributed by atoms with van der Waals surface area (Å²) < 4.78 is 8.46. The van der Waals surface area contributed by atoms with Gasteiger partial charge in [0.25, 0.3) is 5.91 Å². The molecular weight excluding hydrogens is 326 g/mol. The van der Waals surface area contributed by atoms with E-state index in [4.69, 9.17) is 0 Å². The summed E-state index contributed by atoms with van der Waals surface area (Å²) in [6.45, 7) is 0.